The van der Waals surface area contributed by atoms with Gasteiger partial charge in [-0.15, -0.1) is 0 Å². The second kappa shape index (κ2) is 7.04. The van der Waals surface area contributed by atoms with Crippen molar-refractivity contribution < 1.29 is 18.3 Å². The van der Waals surface area contributed by atoms with Crippen molar-refractivity contribution in [2.24, 2.45) is 0 Å². The number of rotatable bonds is 5. The number of halogens is 1. The number of hydrogen-bond donors (Lipinski definition) is 2. The van der Waals surface area contributed by atoms with Gasteiger partial charge in [0.2, 0.25) is 0 Å². The molecule has 7 heteroatoms. The van der Waals surface area contributed by atoms with Crippen LogP contribution in [0.3, 0.4) is 0 Å². The molecule has 0 spiro atoms. The molecule has 2 aromatic carbocycles. The van der Waals surface area contributed by atoms with Crippen LogP contribution in [0.5, 0.6) is 5.75 Å². The highest BCUT2D eigenvalue weighted by Crippen LogP contribution is 2.19. The molecule has 0 bridgehead atoms. The Bertz CT molecular complexity index is 984. The number of carbonyl (C=O) groups is 1. The van der Waals surface area contributed by atoms with Crippen molar-refractivity contribution in [1.29, 1.82) is 0 Å². The highest BCUT2D eigenvalue weighted by Gasteiger charge is 2.06. The molecule has 0 aliphatic heterocycles. The number of aryl methyl sites for hydroxylation is 1. The Morgan fingerprint density at radius 1 is 1.16 bits per heavy atom. The van der Waals surface area contributed by atoms with E-state index in [-0.39, 0.29) is 12.4 Å². The van der Waals surface area contributed by atoms with E-state index in [9.17, 15) is 14.0 Å². The average Bonchev–Trinajstić information content (AvgIpc) is 2.58. The summed E-state index contributed by atoms with van der Waals surface area (Å²) in [5.41, 5.74) is 6.34. The maximum Gasteiger partial charge on any atom is 0.336 e. The molecule has 0 saturated heterocycles. The van der Waals surface area contributed by atoms with Crippen molar-refractivity contribution in [2.75, 3.05) is 12.0 Å². The lowest BCUT2D eigenvalue weighted by Crippen LogP contribution is -2.33. The van der Waals surface area contributed by atoms with E-state index >= 15 is 0 Å². The first-order chi connectivity index (χ1) is 12.0. The maximum absolute atomic E-state index is 13.0. The highest BCUT2D eigenvalue weighted by molar-refractivity contribution is 5.80. The summed E-state index contributed by atoms with van der Waals surface area (Å²) >= 11 is 0. The van der Waals surface area contributed by atoms with Crippen LogP contribution in [0.25, 0.3) is 11.0 Å². The Morgan fingerprint density at radius 2 is 1.96 bits per heavy atom. The SMILES string of the molecule is Cc1cc(F)ccc1NNC(=O)COc1ccc2ccc(=O)oc2c1. The summed E-state index contributed by atoms with van der Waals surface area (Å²) in [6.45, 7) is 1.48. The van der Waals surface area contributed by atoms with Crippen LogP contribution < -0.4 is 21.2 Å². The number of anilines is 1. The average molecular weight is 342 g/mol. The molecule has 0 unspecified atom stereocenters. The number of hydrogen-bond acceptors (Lipinski definition) is 5. The summed E-state index contributed by atoms with van der Waals surface area (Å²) < 4.78 is 23.5. The minimum atomic E-state index is -0.457. The summed E-state index contributed by atoms with van der Waals surface area (Å²) in [5, 5.41) is 0.754. The van der Waals surface area contributed by atoms with Crippen LogP contribution in [0.1, 0.15) is 5.56 Å². The monoisotopic (exact) mass is 342 g/mol. The van der Waals surface area contributed by atoms with Gasteiger partial charge in [0.15, 0.2) is 6.61 Å². The van der Waals surface area contributed by atoms with Gasteiger partial charge in [0.05, 0.1) is 5.69 Å². The number of nitrogens with one attached hydrogen (secondary N) is 2. The molecule has 2 N–H and O–H groups in total. The Hall–Kier alpha value is -3.35. The van der Waals surface area contributed by atoms with Crippen LogP contribution >= 0.6 is 0 Å². The molecule has 0 fully saturated rings. The topological polar surface area (TPSA) is 80.6 Å². The fourth-order valence-electron chi connectivity index (χ4n) is 2.22. The van der Waals surface area contributed by atoms with E-state index in [0.717, 1.165) is 5.39 Å². The molecule has 0 saturated carbocycles. The van der Waals surface area contributed by atoms with Gasteiger partial charge in [0.1, 0.15) is 17.1 Å². The predicted molar refractivity (Wildman–Crippen MR) is 90.9 cm³/mol. The molecule has 25 heavy (non-hydrogen) atoms. The molecule has 3 rings (SSSR count). The first-order valence-electron chi connectivity index (χ1n) is 7.49. The van der Waals surface area contributed by atoms with Crippen molar-refractivity contribution in [3.8, 4) is 5.75 Å². The third-order valence-electron chi connectivity index (χ3n) is 3.49. The predicted octanol–water partition coefficient (Wildman–Crippen LogP) is 2.76. The Kier molecular flexibility index (Phi) is 4.65. The standard InChI is InChI=1S/C18H15FN2O4/c1-11-8-13(19)4-6-15(11)20-21-17(22)10-24-14-5-2-12-3-7-18(23)25-16(12)9-14/h2-9,20H,10H2,1H3,(H,21,22). The molecule has 1 amide bonds. The summed E-state index contributed by atoms with van der Waals surface area (Å²) in [5.74, 6) is -0.367. The molecule has 0 aliphatic rings. The second-order valence-electron chi connectivity index (χ2n) is 5.38. The minimum Gasteiger partial charge on any atom is -0.484 e. The number of benzene rings is 2. The fourth-order valence-corrected chi connectivity index (χ4v) is 2.22. The number of amides is 1. The number of fused-ring (bicyclic) bond motifs is 1. The van der Waals surface area contributed by atoms with Gasteiger partial charge in [-0.2, -0.15) is 0 Å². The maximum atomic E-state index is 13.0. The van der Waals surface area contributed by atoms with E-state index in [0.29, 0.717) is 22.6 Å². The molecule has 128 valence electrons. The smallest absolute Gasteiger partial charge is 0.336 e. The van der Waals surface area contributed by atoms with E-state index in [4.69, 9.17) is 9.15 Å². The third-order valence-corrected chi connectivity index (χ3v) is 3.49. The largest absolute Gasteiger partial charge is 0.484 e. The summed E-state index contributed by atoms with van der Waals surface area (Å²) in [6, 6.07) is 12.1. The Morgan fingerprint density at radius 3 is 2.76 bits per heavy atom. The van der Waals surface area contributed by atoms with Crippen LogP contribution in [0.2, 0.25) is 0 Å². The highest BCUT2D eigenvalue weighted by atomic mass is 19.1. The lowest BCUT2D eigenvalue weighted by Gasteiger charge is -2.11. The van der Waals surface area contributed by atoms with Gasteiger partial charge >= 0.3 is 5.63 Å². The van der Waals surface area contributed by atoms with Crippen LogP contribution in [0.4, 0.5) is 10.1 Å². The van der Waals surface area contributed by atoms with Gasteiger partial charge in [0, 0.05) is 17.5 Å². The number of ether oxygens (including phenoxy) is 1. The Balaban J connectivity index is 1.57. The number of hydrazine groups is 1. The molecule has 3 aromatic rings. The van der Waals surface area contributed by atoms with E-state index in [2.05, 4.69) is 10.9 Å². The first-order valence-corrected chi connectivity index (χ1v) is 7.49. The summed E-state index contributed by atoms with van der Waals surface area (Å²) in [6.07, 6.45) is 0. The van der Waals surface area contributed by atoms with E-state index < -0.39 is 11.5 Å². The summed E-state index contributed by atoms with van der Waals surface area (Å²) in [7, 11) is 0. The lowest BCUT2D eigenvalue weighted by molar-refractivity contribution is -0.122. The van der Waals surface area contributed by atoms with Crippen LogP contribution in [-0.4, -0.2) is 12.5 Å². The zero-order chi connectivity index (χ0) is 17.8. The van der Waals surface area contributed by atoms with Gasteiger partial charge < -0.3 is 9.15 Å². The first kappa shape index (κ1) is 16.5. The van der Waals surface area contributed by atoms with Crippen molar-refractivity contribution >= 4 is 22.6 Å². The molecule has 6 nitrogen and oxygen atoms in total. The molecule has 0 aliphatic carbocycles. The number of carbonyl (C=O) groups excluding carboxylic acids is 1. The quantitative estimate of drug-likeness (QED) is 0.550. The molecule has 0 radical (unpaired) electrons. The third kappa shape index (κ3) is 4.14. The van der Waals surface area contributed by atoms with Crippen molar-refractivity contribution in [1.82, 2.24) is 5.43 Å². The molecule has 0 atom stereocenters. The van der Waals surface area contributed by atoms with Crippen molar-refractivity contribution in [3.05, 3.63) is 70.3 Å². The van der Waals surface area contributed by atoms with Crippen LogP contribution in [-0.2, 0) is 4.79 Å². The van der Waals surface area contributed by atoms with Gasteiger partial charge in [-0.05, 0) is 48.9 Å². The van der Waals surface area contributed by atoms with Crippen molar-refractivity contribution in [2.45, 2.75) is 6.92 Å². The zero-order valence-corrected chi connectivity index (χ0v) is 13.3. The van der Waals surface area contributed by atoms with Crippen LogP contribution in [0, 0.1) is 12.7 Å². The van der Waals surface area contributed by atoms with Crippen molar-refractivity contribution in [3.63, 3.8) is 0 Å². The van der Waals surface area contributed by atoms with E-state index in [1.807, 2.05) is 0 Å². The van der Waals surface area contributed by atoms with Gasteiger partial charge in [-0.1, -0.05) is 0 Å². The fraction of sp³-hybridized carbons (Fsp3) is 0.111. The minimum absolute atomic E-state index is 0.240. The van der Waals surface area contributed by atoms with E-state index in [1.54, 1.807) is 31.2 Å². The molecular formula is C18H15FN2O4. The second-order valence-corrected chi connectivity index (χ2v) is 5.38. The molecular weight excluding hydrogens is 327 g/mol. The van der Waals surface area contributed by atoms with Crippen LogP contribution in [0.15, 0.2) is 57.7 Å². The van der Waals surface area contributed by atoms with Gasteiger partial charge in [-0.3, -0.25) is 15.6 Å². The van der Waals surface area contributed by atoms with Gasteiger partial charge in [0.25, 0.3) is 5.91 Å². The molecule has 1 heterocycles. The lowest BCUT2D eigenvalue weighted by atomic mass is 10.2. The zero-order valence-electron chi connectivity index (χ0n) is 13.3. The van der Waals surface area contributed by atoms with Gasteiger partial charge in [-0.25, -0.2) is 9.18 Å². The summed E-state index contributed by atoms with van der Waals surface area (Å²) in [4.78, 5) is 23.1. The normalized spacial score (nSPS) is 10.5. The van der Waals surface area contributed by atoms with E-state index in [1.165, 1.54) is 24.3 Å². The Labute approximate surface area is 142 Å². The molecule has 1 aromatic heterocycles.